The van der Waals surface area contributed by atoms with Crippen molar-refractivity contribution in [1.29, 1.82) is 0 Å². The lowest BCUT2D eigenvalue weighted by Crippen LogP contribution is -2.40. The molecule has 114 valence electrons. The van der Waals surface area contributed by atoms with E-state index in [1.807, 2.05) is 18.2 Å². The third-order valence-electron chi connectivity index (χ3n) is 2.97. The van der Waals surface area contributed by atoms with Crippen LogP contribution in [0.15, 0.2) is 48.7 Å². The smallest absolute Gasteiger partial charge is 0.257 e. The molecule has 0 atom stereocenters. The first kappa shape index (κ1) is 15.9. The molecule has 0 aliphatic heterocycles. The number of rotatable bonds is 5. The molecule has 1 amide bonds. The molecule has 0 bridgehead atoms. The van der Waals surface area contributed by atoms with Gasteiger partial charge >= 0.3 is 0 Å². The summed E-state index contributed by atoms with van der Waals surface area (Å²) in [5.41, 5.74) is 1.49. The molecule has 2 N–H and O–H groups in total. The maximum atomic E-state index is 12.0. The van der Waals surface area contributed by atoms with Gasteiger partial charge in [0.05, 0.1) is 7.11 Å². The quantitative estimate of drug-likeness (QED) is 0.826. The number of ether oxygens (including phenoxy) is 1. The van der Waals surface area contributed by atoms with Crippen LogP contribution in [0.5, 0.6) is 5.75 Å². The third-order valence-corrected chi connectivity index (χ3v) is 3.22. The molecule has 0 aliphatic rings. The van der Waals surface area contributed by atoms with Gasteiger partial charge in [-0.25, -0.2) is 0 Å². The van der Waals surface area contributed by atoms with Gasteiger partial charge in [-0.1, -0.05) is 6.07 Å². The monoisotopic (exact) mass is 315 g/mol. The predicted octanol–water partition coefficient (Wildman–Crippen LogP) is 1.94. The van der Waals surface area contributed by atoms with Crippen molar-refractivity contribution in [3.8, 4) is 5.75 Å². The maximum absolute atomic E-state index is 12.0. The van der Waals surface area contributed by atoms with Gasteiger partial charge in [-0.05, 0) is 48.6 Å². The highest BCUT2D eigenvalue weighted by molar-refractivity contribution is 7.80. The van der Waals surface area contributed by atoms with E-state index in [2.05, 4.69) is 15.6 Å². The fourth-order valence-electron chi connectivity index (χ4n) is 1.81. The zero-order valence-electron chi connectivity index (χ0n) is 12.2. The van der Waals surface area contributed by atoms with E-state index in [9.17, 15) is 4.79 Å². The Hall–Kier alpha value is -2.47. The number of carbonyl (C=O) groups is 1. The molecular formula is C16H17N3O2S. The van der Waals surface area contributed by atoms with E-state index < -0.39 is 0 Å². The average Bonchev–Trinajstić information content (AvgIpc) is 2.56. The fourth-order valence-corrected chi connectivity index (χ4v) is 2.01. The van der Waals surface area contributed by atoms with Crippen molar-refractivity contribution in [3.05, 3.63) is 59.9 Å². The number of amides is 1. The summed E-state index contributed by atoms with van der Waals surface area (Å²) in [4.78, 5) is 16.2. The molecule has 1 aromatic heterocycles. The average molecular weight is 315 g/mol. The van der Waals surface area contributed by atoms with Crippen molar-refractivity contribution in [2.75, 3.05) is 13.7 Å². The van der Waals surface area contributed by atoms with Crippen LogP contribution in [0.3, 0.4) is 0 Å². The van der Waals surface area contributed by atoms with Gasteiger partial charge < -0.3 is 10.1 Å². The predicted molar refractivity (Wildman–Crippen MR) is 89.0 cm³/mol. The van der Waals surface area contributed by atoms with Gasteiger partial charge in [-0.15, -0.1) is 0 Å². The Morgan fingerprint density at radius 3 is 2.64 bits per heavy atom. The number of hydrogen-bond acceptors (Lipinski definition) is 4. The standard InChI is InChI=1S/C16H17N3O2S/c1-21-14-7-5-12(6-8-14)15(20)19-16(22)18-11-9-13-4-2-3-10-17-13/h2-8,10H,9,11H2,1H3,(H2,18,19,20,22). The molecule has 1 heterocycles. The highest BCUT2D eigenvalue weighted by atomic mass is 32.1. The van der Waals surface area contributed by atoms with Crippen LogP contribution in [-0.2, 0) is 6.42 Å². The molecule has 0 radical (unpaired) electrons. The molecule has 0 spiro atoms. The van der Waals surface area contributed by atoms with Crippen LogP contribution in [0.4, 0.5) is 0 Å². The van der Waals surface area contributed by atoms with Crippen molar-refractivity contribution >= 4 is 23.2 Å². The number of aromatic nitrogens is 1. The van der Waals surface area contributed by atoms with Crippen LogP contribution < -0.4 is 15.4 Å². The number of pyridine rings is 1. The Morgan fingerprint density at radius 1 is 1.23 bits per heavy atom. The molecule has 5 nitrogen and oxygen atoms in total. The van der Waals surface area contributed by atoms with Gasteiger partial charge in [0, 0.05) is 30.4 Å². The minimum Gasteiger partial charge on any atom is -0.497 e. The van der Waals surface area contributed by atoms with Gasteiger partial charge in [-0.3, -0.25) is 15.1 Å². The molecule has 0 unspecified atom stereocenters. The Bertz CT molecular complexity index is 630. The first-order valence-electron chi connectivity index (χ1n) is 6.82. The van der Waals surface area contributed by atoms with Crippen molar-refractivity contribution in [1.82, 2.24) is 15.6 Å². The summed E-state index contributed by atoms with van der Waals surface area (Å²) in [6.45, 7) is 0.610. The van der Waals surface area contributed by atoms with Crippen LogP contribution in [0.2, 0.25) is 0 Å². The van der Waals surface area contributed by atoms with Crippen molar-refractivity contribution < 1.29 is 9.53 Å². The summed E-state index contributed by atoms with van der Waals surface area (Å²) in [6, 6.07) is 12.6. The van der Waals surface area contributed by atoms with Crippen LogP contribution >= 0.6 is 12.2 Å². The number of methoxy groups -OCH3 is 1. The maximum Gasteiger partial charge on any atom is 0.257 e. The number of thiocarbonyl (C=S) groups is 1. The summed E-state index contributed by atoms with van der Waals surface area (Å²) in [5.74, 6) is 0.450. The number of nitrogens with one attached hydrogen (secondary N) is 2. The molecule has 0 aliphatic carbocycles. The van der Waals surface area contributed by atoms with E-state index in [0.29, 0.717) is 23.0 Å². The second kappa shape index (κ2) is 8.09. The topological polar surface area (TPSA) is 63.2 Å². The van der Waals surface area contributed by atoms with Gasteiger partial charge in [0.2, 0.25) is 0 Å². The molecule has 0 fully saturated rings. The van der Waals surface area contributed by atoms with Crippen molar-refractivity contribution in [2.45, 2.75) is 6.42 Å². The van der Waals surface area contributed by atoms with Gasteiger partial charge in [0.1, 0.15) is 5.75 Å². The largest absolute Gasteiger partial charge is 0.497 e. The Kier molecular flexibility index (Phi) is 5.85. The second-order valence-corrected chi connectivity index (χ2v) is 4.92. The lowest BCUT2D eigenvalue weighted by molar-refractivity contribution is 0.0976. The molecule has 2 rings (SSSR count). The van der Waals surface area contributed by atoms with E-state index >= 15 is 0 Å². The highest BCUT2D eigenvalue weighted by Crippen LogP contribution is 2.10. The summed E-state index contributed by atoms with van der Waals surface area (Å²) in [7, 11) is 1.58. The number of carbonyl (C=O) groups excluding carboxylic acids is 1. The SMILES string of the molecule is COc1ccc(C(=O)NC(=S)NCCc2ccccn2)cc1. The Balaban J connectivity index is 1.77. The molecular weight excluding hydrogens is 298 g/mol. The van der Waals surface area contributed by atoms with E-state index in [0.717, 1.165) is 12.1 Å². The zero-order chi connectivity index (χ0) is 15.8. The lowest BCUT2D eigenvalue weighted by Gasteiger charge is -2.09. The number of nitrogens with zero attached hydrogens (tertiary/aromatic N) is 1. The molecule has 6 heteroatoms. The molecule has 1 aromatic carbocycles. The van der Waals surface area contributed by atoms with Crippen LogP contribution in [0.25, 0.3) is 0 Å². The summed E-state index contributed by atoms with van der Waals surface area (Å²) in [5, 5.41) is 5.93. The fraction of sp³-hybridized carbons (Fsp3) is 0.188. The summed E-state index contributed by atoms with van der Waals surface area (Å²) in [6.07, 6.45) is 2.48. The molecule has 2 aromatic rings. The van der Waals surface area contributed by atoms with E-state index in [4.69, 9.17) is 17.0 Å². The Morgan fingerprint density at radius 2 is 2.00 bits per heavy atom. The first-order valence-corrected chi connectivity index (χ1v) is 7.23. The van der Waals surface area contributed by atoms with Gasteiger partial charge in [0.15, 0.2) is 5.11 Å². The molecule has 0 saturated carbocycles. The van der Waals surface area contributed by atoms with Crippen molar-refractivity contribution in [3.63, 3.8) is 0 Å². The van der Waals surface area contributed by atoms with E-state index in [1.165, 1.54) is 0 Å². The minimum absolute atomic E-state index is 0.252. The van der Waals surface area contributed by atoms with Crippen LogP contribution in [-0.4, -0.2) is 29.7 Å². The zero-order valence-corrected chi connectivity index (χ0v) is 13.0. The van der Waals surface area contributed by atoms with E-state index in [1.54, 1.807) is 37.6 Å². The van der Waals surface area contributed by atoms with Gasteiger partial charge in [0.25, 0.3) is 5.91 Å². The first-order chi connectivity index (χ1) is 10.7. The summed E-state index contributed by atoms with van der Waals surface area (Å²) < 4.78 is 5.05. The normalized spacial score (nSPS) is 9.86. The number of hydrogen-bond donors (Lipinski definition) is 2. The second-order valence-electron chi connectivity index (χ2n) is 4.51. The van der Waals surface area contributed by atoms with Gasteiger partial charge in [-0.2, -0.15) is 0 Å². The minimum atomic E-state index is -0.252. The molecule has 22 heavy (non-hydrogen) atoms. The molecule has 0 saturated heterocycles. The van der Waals surface area contributed by atoms with E-state index in [-0.39, 0.29) is 5.91 Å². The number of benzene rings is 1. The van der Waals surface area contributed by atoms with Crippen LogP contribution in [0.1, 0.15) is 16.1 Å². The Labute approximate surface area is 134 Å². The highest BCUT2D eigenvalue weighted by Gasteiger charge is 2.07. The third kappa shape index (κ3) is 4.82. The summed E-state index contributed by atoms with van der Waals surface area (Å²) >= 11 is 5.11. The lowest BCUT2D eigenvalue weighted by atomic mass is 10.2. The van der Waals surface area contributed by atoms with Crippen LogP contribution in [0, 0.1) is 0 Å². The van der Waals surface area contributed by atoms with Crippen molar-refractivity contribution in [2.24, 2.45) is 0 Å².